The zero-order valence-corrected chi connectivity index (χ0v) is 17.1. The summed E-state index contributed by atoms with van der Waals surface area (Å²) in [6, 6.07) is 14.7. The summed E-state index contributed by atoms with van der Waals surface area (Å²) in [7, 11) is 0. The van der Waals surface area contributed by atoms with Crippen LogP contribution in [0.4, 0.5) is 11.4 Å². The number of primary amides is 1. The van der Waals surface area contributed by atoms with Gasteiger partial charge in [0.2, 0.25) is 5.91 Å². The van der Waals surface area contributed by atoms with Gasteiger partial charge in [0.1, 0.15) is 0 Å². The molecule has 1 heterocycles. The van der Waals surface area contributed by atoms with Crippen LogP contribution in [0.2, 0.25) is 0 Å². The molecule has 3 rings (SSSR count). The molecular formula is C20H26Cl2N4O2. The Morgan fingerprint density at radius 2 is 1.71 bits per heavy atom. The minimum atomic E-state index is -0.198. The number of nitrogens with zero attached hydrogens (tertiary/aromatic N) is 1. The summed E-state index contributed by atoms with van der Waals surface area (Å²) in [5.74, 6) is -0.386. The highest BCUT2D eigenvalue weighted by molar-refractivity contribution is 6.04. The molecule has 1 fully saturated rings. The number of hydrogen-bond donors (Lipinski definition) is 3. The Hall–Kier alpha value is -2.28. The third-order valence-corrected chi connectivity index (χ3v) is 4.73. The maximum Gasteiger partial charge on any atom is 0.255 e. The highest BCUT2D eigenvalue weighted by Gasteiger charge is 2.23. The second-order valence-electron chi connectivity index (χ2n) is 6.73. The molecule has 0 aromatic heterocycles. The molecule has 1 aliphatic heterocycles. The summed E-state index contributed by atoms with van der Waals surface area (Å²) >= 11 is 0. The van der Waals surface area contributed by atoms with Crippen LogP contribution in [0.3, 0.4) is 0 Å². The maximum atomic E-state index is 12.3. The summed E-state index contributed by atoms with van der Waals surface area (Å²) in [5.41, 5.74) is 14.1. The van der Waals surface area contributed by atoms with Gasteiger partial charge in [-0.25, -0.2) is 0 Å². The molecule has 0 radical (unpaired) electrons. The molecule has 5 N–H and O–H groups in total. The first-order chi connectivity index (χ1) is 12.5. The van der Waals surface area contributed by atoms with E-state index in [1.165, 1.54) is 0 Å². The lowest BCUT2D eigenvalue weighted by Crippen LogP contribution is -2.38. The molecule has 0 bridgehead atoms. The van der Waals surface area contributed by atoms with E-state index in [0.29, 0.717) is 11.3 Å². The molecule has 2 amide bonds. The Kier molecular flexibility index (Phi) is 9.25. The van der Waals surface area contributed by atoms with Crippen molar-refractivity contribution in [1.29, 1.82) is 0 Å². The van der Waals surface area contributed by atoms with E-state index in [4.69, 9.17) is 11.5 Å². The Morgan fingerprint density at radius 1 is 1.04 bits per heavy atom. The molecule has 2 aromatic carbocycles. The molecule has 1 aliphatic rings. The maximum absolute atomic E-state index is 12.3. The van der Waals surface area contributed by atoms with Crippen LogP contribution in [0.5, 0.6) is 0 Å². The van der Waals surface area contributed by atoms with Crippen LogP contribution in [-0.4, -0.2) is 29.8 Å². The van der Waals surface area contributed by atoms with Gasteiger partial charge in [-0.1, -0.05) is 18.2 Å². The fraction of sp³-hybridized carbons (Fsp3) is 0.300. The van der Waals surface area contributed by atoms with Crippen molar-refractivity contribution in [3.05, 3.63) is 59.7 Å². The Morgan fingerprint density at radius 3 is 2.36 bits per heavy atom. The molecule has 0 atom stereocenters. The van der Waals surface area contributed by atoms with Crippen LogP contribution in [0.25, 0.3) is 0 Å². The summed E-state index contributed by atoms with van der Waals surface area (Å²) in [6.45, 7) is 2.49. The molecule has 8 heteroatoms. The van der Waals surface area contributed by atoms with E-state index < -0.39 is 0 Å². The van der Waals surface area contributed by atoms with Gasteiger partial charge in [0.15, 0.2) is 0 Å². The lowest BCUT2D eigenvalue weighted by atomic mass is 9.96. The van der Waals surface area contributed by atoms with Crippen LogP contribution < -0.4 is 16.8 Å². The van der Waals surface area contributed by atoms with Crippen LogP contribution in [0.15, 0.2) is 48.5 Å². The van der Waals surface area contributed by atoms with Crippen LogP contribution in [0.1, 0.15) is 28.8 Å². The molecule has 0 unspecified atom stereocenters. The summed E-state index contributed by atoms with van der Waals surface area (Å²) in [6.07, 6.45) is 1.61. The van der Waals surface area contributed by atoms with Gasteiger partial charge in [0.25, 0.3) is 5.91 Å². The Bertz CT molecular complexity index is 808. The number of nitrogen functional groups attached to an aromatic ring is 1. The molecule has 2 aromatic rings. The first-order valence-corrected chi connectivity index (χ1v) is 8.79. The number of hydrogen-bond acceptors (Lipinski definition) is 4. The van der Waals surface area contributed by atoms with Crippen molar-refractivity contribution in [3.63, 3.8) is 0 Å². The lowest BCUT2D eigenvalue weighted by Gasteiger charge is -2.30. The number of carbonyl (C=O) groups is 2. The number of nitrogens with two attached hydrogens (primary N) is 2. The van der Waals surface area contributed by atoms with Gasteiger partial charge in [-0.2, -0.15) is 0 Å². The number of likely N-dealkylation sites (tertiary alicyclic amines) is 1. The molecular weight excluding hydrogens is 399 g/mol. The smallest absolute Gasteiger partial charge is 0.255 e. The fourth-order valence-corrected chi connectivity index (χ4v) is 3.26. The number of carbonyl (C=O) groups excluding carboxylic acids is 2. The zero-order valence-electron chi connectivity index (χ0n) is 15.5. The van der Waals surface area contributed by atoms with Gasteiger partial charge in [-0.15, -0.1) is 24.8 Å². The highest BCUT2D eigenvalue weighted by Crippen LogP contribution is 2.20. The van der Waals surface area contributed by atoms with Gasteiger partial charge in [-0.05, 0) is 61.8 Å². The predicted molar refractivity (Wildman–Crippen MR) is 117 cm³/mol. The highest BCUT2D eigenvalue weighted by atomic mass is 35.5. The number of benzene rings is 2. The SMILES string of the molecule is Cl.Cl.NC(=O)C1CCN(Cc2cccc(NC(=O)c3cccc(N)c3)c2)CC1. The molecule has 152 valence electrons. The van der Waals surface area contributed by atoms with Gasteiger partial charge in [0, 0.05) is 29.4 Å². The molecule has 6 nitrogen and oxygen atoms in total. The fourth-order valence-electron chi connectivity index (χ4n) is 3.26. The van der Waals surface area contributed by atoms with Crippen molar-refractivity contribution in [2.75, 3.05) is 24.1 Å². The van der Waals surface area contributed by atoms with Crippen molar-refractivity contribution in [2.45, 2.75) is 19.4 Å². The van der Waals surface area contributed by atoms with E-state index in [0.717, 1.165) is 43.7 Å². The summed E-state index contributed by atoms with van der Waals surface area (Å²) in [5, 5.41) is 2.91. The molecule has 0 saturated carbocycles. The average molecular weight is 425 g/mol. The molecule has 1 saturated heterocycles. The number of anilines is 2. The minimum absolute atomic E-state index is 0. The largest absolute Gasteiger partial charge is 0.399 e. The molecule has 0 spiro atoms. The van der Waals surface area contributed by atoms with E-state index in [1.807, 2.05) is 24.3 Å². The van der Waals surface area contributed by atoms with Gasteiger partial charge < -0.3 is 16.8 Å². The first-order valence-electron chi connectivity index (χ1n) is 8.79. The van der Waals surface area contributed by atoms with Crippen molar-refractivity contribution < 1.29 is 9.59 Å². The minimum Gasteiger partial charge on any atom is -0.399 e. The standard InChI is InChI=1S/C20H24N4O2.2ClH/c21-17-5-2-4-16(12-17)20(26)23-18-6-1-3-14(11-18)13-24-9-7-15(8-10-24)19(22)25;;/h1-6,11-12,15H,7-10,13,21H2,(H2,22,25)(H,23,26);2*1H. The van der Waals surface area contributed by atoms with Crippen molar-refractivity contribution in [2.24, 2.45) is 11.7 Å². The molecule has 0 aliphatic carbocycles. The van der Waals surface area contributed by atoms with E-state index in [2.05, 4.69) is 10.2 Å². The van der Waals surface area contributed by atoms with Crippen LogP contribution >= 0.6 is 24.8 Å². The van der Waals surface area contributed by atoms with Gasteiger partial charge in [-0.3, -0.25) is 14.5 Å². The van der Waals surface area contributed by atoms with Crippen molar-refractivity contribution >= 4 is 48.0 Å². The Balaban J connectivity index is 0.00000196. The second kappa shape index (κ2) is 10.9. The number of piperidine rings is 1. The average Bonchev–Trinajstić information content (AvgIpc) is 2.62. The summed E-state index contributed by atoms with van der Waals surface area (Å²) in [4.78, 5) is 25.9. The normalized spacial score (nSPS) is 14.4. The van der Waals surface area contributed by atoms with Crippen molar-refractivity contribution in [3.8, 4) is 0 Å². The van der Waals surface area contributed by atoms with E-state index >= 15 is 0 Å². The topological polar surface area (TPSA) is 101 Å². The van der Waals surface area contributed by atoms with Crippen molar-refractivity contribution in [1.82, 2.24) is 4.90 Å². The predicted octanol–water partition coefficient (Wildman–Crippen LogP) is 3.06. The third-order valence-electron chi connectivity index (χ3n) is 4.73. The number of rotatable bonds is 5. The number of halogens is 2. The number of amides is 2. The Labute approximate surface area is 177 Å². The number of nitrogens with one attached hydrogen (secondary N) is 1. The van der Waals surface area contributed by atoms with E-state index in [9.17, 15) is 9.59 Å². The quantitative estimate of drug-likeness (QED) is 0.641. The summed E-state index contributed by atoms with van der Waals surface area (Å²) < 4.78 is 0. The van der Waals surface area contributed by atoms with Gasteiger partial charge >= 0.3 is 0 Å². The van der Waals surface area contributed by atoms with Crippen LogP contribution in [0, 0.1) is 5.92 Å². The van der Waals surface area contributed by atoms with Gasteiger partial charge in [0.05, 0.1) is 0 Å². The molecule has 28 heavy (non-hydrogen) atoms. The third kappa shape index (κ3) is 6.41. The second-order valence-corrected chi connectivity index (χ2v) is 6.73. The van der Waals surface area contributed by atoms with Crippen LogP contribution in [-0.2, 0) is 11.3 Å². The van der Waals surface area contributed by atoms with E-state index in [1.54, 1.807) is 24.3 Å². The first kappa shape index (κ1) is 23.8. The van der Waals surface area contributed by atoms with E-state index in [-0.39, 0.29) is 42.5 Å². The lowest BCUT2D eigenvalue weighted by molar-refractivity contribution is -0.123. The monoisotopic (exact) mass is 424 g/mol. The zero-order chi connectivity index (χ0) is 18.5.